The highest BCUT2D eigenvalue weighted by Gasteiger charge is 2.30. The summed E-state index contributed by atoms with van der Waals surface area (Å²) in [5, 5.41) is 4.74. The number of ether oxygens (including phenoxy) is 3. The SMILES string of the molecule is COc1ccc(-c2nc(COC(=O)CNC(=O)c3ccc(C(F)(F)F)cc3)cs2)cc1OC. The first-order valence-corrected chi connectivity index (χ1v) is 10.4. The molecule has 1 amide bonds. The Morgan fingerprint density at radius 3 is 2.36 bits per heavy atom. The molecule has 0 radical (unpaired) electrons. The Labute approximate surface area is 191 Å². The Hall–Kier alpha value is -3.60. The fourth-order valence-electron chi connectivity index (χ4n) is 2.75. The molecule has 3 aromatic rings. The van der Waals surface area contributed by atoms with E-state index in [0.29, 0.717) is 22.2 Å². The lowest BCUT2D eigenvalue weighted by Gasteiger charge is -2.08. The average molecular weight is 480 g/mol. The number of thiazole rings is 1. The highest BCUT2D eigenvalue weighted by molar-refractivity contribution is 7.13. The highest BCUT2D eigenvalue weighted by atomic mass is 32.1. The van der Waals surface area contributed by atoms with Crippen molar-refractivity contribution in [1.82, 2.24) is 10.3 Å². The minimum Gasteiger partial charge on any atom is -0.493 e. The van der Waals surface area contributed by atoms with Gasteiger partial charge in [0, 0.05) is 16.5 Å². The van der Waals surface area contributed by atoms with Crippen LogP contribution in [0.5, 0.6) is 11.5 Å². The van der Waals surface area contributed by atoms with Crippen LogP contribution in [0.25, 0.3) is 10.6 Å². The molecular formula is C22H19F3N2O5S. The lowest BCUT2D eigenvalue weighted by molar-refractivity contribution is -0.143. The molecule has 0 atom stereocenters. The van der Waals surface area contributed by atoms with E-state index in [0.717, 1.165) is 29.8 Å². The molecule has 0 bridgehead atoms. The highest BCUT2D eigenvalue weighted by Crippen LogP contribution is 2.33. The van der Waals surface area contributed by atoms with E-state index < -0.39 is 30.2 Å². The molecule has 1 aromatic heterocycles. The monoisotopic (exact) mass is 480 g/mol. The molecule has 174 valence electrons. The summed E-state index contributed by atoms with van der Waals surface area (Å²) in [6, 6.07) is 9.03. The lowest BCUT2D eigenvalue weighted by atomic mass is 10.1. The number of carbonyl (C=O) groups is 2. The molecular weight excluding hydrogens is 461 g/mol. The summed E-state index contributed by atoms with van der Waals surface area (Å²) in [6.45, 7) is -0.536. The molecule has 0 spiro atoms. The molecule has 0 saturated heterocycles. The first-order valence-electron chi connectivity index (χ1n) is 9.49. The Bertz CT molecular complexity index is 1130. The second kappa shape index (κ2) is 10.3. The van der Waals surface area contributed by atoms with Gasteiger partial charge in [-0.3, -0.25) is 9.59 Å². The molecule has 2 aromatic carbocycles. The number of aromatic nitrogens is 1. The zero-order chi connectivity index (χ0) is 24.0. The maximum Gasteiger partial charge on any atom is 0.416 e. The van der Waals surface area contributed by atoms with Crippen LogP contribution in [0.2, 0.25) is 0 Å². The van der Waals surface area contributed by atoms with Crippen molar-refractivity contribution in [2.24, 2.45) is 0 Å². The molecule has 33 heavy (non-hydrogen) atoms. The van der Waals surface area contributed by atoms with Crippen molar-refractivity contribution >= 4 is 23.2 Å². The maximum atomic E-state index is 12.6. The van der Waals surface area contributed by atoms with Gasteiger partial charge in [0.25, 0.3) is 5.91 Å². The second-order valence-electron chi connectivity index (χ2n) is 6.63. The van der Waals surface area contributed by atoms with Crippen LogP contribution in [0.3, 0.4) is 0 Å². The maximum absolute atomic E-state index is 12.6. The normalized spacial score (nSPS) is 11.1. The van der Waals surface area contributed by atoms with Gasteiger partial charge >= 0.3 is 12.1 Å². The molecule has 3 rings (SSSR count). The van der Waals surface area contributed by atoms with Crippen LogP contribution in [0.1, 0.15) is 21.6 Å². The average Bonchev–Trinajstić information content (AvgIpc) is 3.29. The number of amides is 1. The summed E-state index contributed by atoms with van der Waals surface area (Å²) >= 11 is 1.36. The summed E-state index contributed by atoms with van der Waals surface area (Å²) < 4.78 is 53.4. The van der Waals surface area contributed by atoms with Gasteiger partial charge in [-0.1, -0.05) is 0 Å². The quantitative estimate of drug-likeness (QED) is 0.484. The van der Waals surface area contributed by atoms with Gasteiger partial charge in [-0.2, -0.15) is 13.2 Å². The Kier molecular flexibility index (Phi) is 7.54. The van der Waals surface area contributed by atoms with Crippen LogP contribution in [0.4, 0.5) is 13.2 Å². The number of methoxy groups -OCH3 is 2. The molecule has 0 aliphatic carbocycles. The molecule has 1 N–H and O–H groups in total. The van der Waals surface area contributed by atoms with Crippen LogP contribution in [-0.4, -0.2) is 37.6 Å². The van der Waals surface area contributed by atoms with Gasteiger partial charge in [-0.15, -0.1) is 11.3 Å². The molecule has 0 unspecified atom stereocenters. The van der Waals surface area contributed by atoms with Gasteiger partial charge in [0.1, 0.15) is 18.2 Å². The number of alkyl halides is 3. The lowest BCUT2D eigenvalue weighted by Crippen LogP contribution is -2.30. The molecule has 0 fully saturated rings. The smallest absolute Gasteiger partial charge is 0.416 e. The minimum absolute atomic E-state index is 0.00476. The topological polar surface area (TPSA) is 86.8 Å². The van der Waals surface area contributed by atoms with Crippen molar-refractivity contribution in [3.63, 3.8) is 0 Å². The number of nitrogens with one attached hydrogen (secondary N) is 1. The molecule has 11 heteroatoms. The third kappa shape index (κ3) is 6.22. The number of hydrogen-bond donors (Lipinski definition) is 1. The third-order valence-corrected chi connectivity index (χ3v) is 5.37. The predicted molar refractivity (Wildman–Crippen MR) is 114 cm³/mol. The zero-order valence-electron chi connectivity index (χ0n) is 17.6. The number of nitrogens with zero attached hydrogens (tertiary/aromatic N) is 1. The van der Waals surface area contributed by atoms with E-state index in [-0.39, 0.29) is 12.2 Å². The Morgan fingerprint density at radius 1 is 1.03 bits per heavy atom. The Balaban J connectivity index is 1.50. The summed E-state index contributed by atoms with van der Waals surface area (Å²) in [6.07, 6.45) is -4.49. The van der Waals surface area contributed by atoms with Crippen molar-refractivity contribution in [2.45, 2.75) is 12.8 Å². The summed E-state index contributed by atoms with van der Waals surface area (Å²) in [5.41, 5.74) is 0.454. The van der Waals surface area contributed by atoms with Gasteiger partial charge in [0.05, 0.1) is 25.5 Å². The predicted octanol–water partition coefficient (Wildman–Crippen LogP) is 4.32. The van der Waals surface area contributed by atoms with Crippen LogP contribution in [0.15, 0.2) is 47.8 Å². The van der Waals surface area contributed by atoms with Crippen LogP contribution in [-0.2, 0) is 22.3 Å². The van der Waals surface area contributed by atoms with Crippen molar-refractivity contribution in [3.05, 3.63) is 64.7 Å². The number of carbonyl (C=O) groups excluding carboxylic acids is 2. The van der Waals surface area contributed by atoms with E-state index in [2.05, 4.69) is 10.3 Å². The number of benzene rings is 2. The van der Waals surface area contributed by atoms with Crippen LogP contribution in [0, 0.1) is 0 Å². The molecule has 0 saturated carbocycles. The fraction of sp³-hybridized carbons (Fsp3) is 0.227. The van der Waals surface area contributed by atoms with E-state index >= 15 is 0 Å². The summed E-state index contributed by atoms with van der Waals surface area (Å²) in [4.78, 5) is 28.4. The summed E-state index contributed by atoms with van der Waals surface area (Å²) in [5.74, 6) is -0.256. The van der Waals surface area contributed by atoms with Gasteiger partial charge in [-0.05, 0) is 42.5 Å². The standard InChI is InChI=1S/C22H19F3N2O5S/c1-30-17-8-5-14(9-18(17)31-2)21-27-16(12-33-21)11-32-19(28)10-26-20(29)13-3-6-15(7-4-13)22(23,24)25/h3-9,12H,10-11H2,1-2H3,(H,26,29). The van der Waals surface area contributed by atoms with Gasteiger partial charge in [-0.25, -0.2) is 4.98 Å². The fourth-order valence-corrected chi connectivity index (χ4v) is 3.55. The summed E-state index contributed by atoms with van der Waals surface area (Å²) in [7, 11) is 3.07. The Morgan fingerprint density at radius 2 is 1.73 bits per heavy atom. The third-order valence-electron chi connectivity index (χ3n) is 4.43. The van der Waals surface area contributed by atoms with Crippen LogP contribution < -0.4 is 14.8 Å². The molecule has 7 nitrogen and oxygen atoms in total. The molecule has 1 heterocycles. The number of halogens is 3. The van der Waals surface area contributed by atoms with E-state index in [4.69, 9.17) is 14.2 Å². The minimum atomic E-state index is -4.49. The van der Waals surface area contributed by atoms with E-state index in [9.17, 15) is 22.8 Å². The van der Waals surface area contributed by atoms with E-state index in [1.807, 2.05) is 6.07 Å². The largest absolute Gasteiger partial charge is 0.493 e. The van der Waals surface area contributed by atoms with Crippen molar-refractivity contribution < 1.29 is 37.0 Å². The number of hydrogen-bond acceptors (Lipinski definition) is 7. The van der Waals surface area contributed by atoms with Crippen LogP contribution >= 0.6 is 11.3 Å². The zero-order valence-corrected chi connectivity index (χ0v) is 18.4. The molecule has 0 aliphatic heterocycles. The van der Waals surface area contributed by atoms with E-state index in [1.54, 1.807) is 24.6 Å². The second-order valence-corrected chi connectivity index (χ2v) is 7.49. The van der Waals surface area contributed by atoms with Crippen molar-refractivity contribution in [1.29, 1.82) is 0 Å². The van der Waals surface area contributed by atoms with Crippen molar-refractivity contribution in [2.75, 3.05) is 20.8 Å². The molecule has 0 aliphatic rings. The first-order chi connectivity index (χ1) is 15.7. The first kappa shape index (κ1) is 24.1. The van der Waals surface area contributed by atoms with Crippen molar-refractivity contribution in [3.8, 4) is 22.1 Å². The van der Waals surface area contributed by atoms with Gasteiger partial charge in [0.2, 0.25) is 0 Å². The van der Waals surface area contributed by atoms with Gasteiger partial charge in [0.15, 0.2) is 11.5 Å². The van der Waals surface area contributed by atoms with Gasteiger partial charge < -0.3 is 19.5 Å². The number of esters is 1. The van der Waals surface area contributed by atoms with E-state index in [1.165, 1.54) is 18.4 Å². The number of rotatable bonds is 8.